The van der Waals surface area contributed by atoms with Crippen LogP contribution in [0.2, 0.25) is 0 Å². The van der Waals surface area contributed by atoms with E-state index in [1.165, 1.54) is 0 Å². The highest BCUT2D eigenvalue weighted by Gasteiger charge is 2.48. The van der Waals surface area contributed by atoms with Gasteiger partial charge in [0.15, 0.2) is 0 Å². The Morgan fingerprint density at radius 1 is 1.50 bits per heavy atom. The lowest BCUT2D eigenvalue weighted by Gasteiger charge is -2.16. The van der Waals surface area contributed by atoms with Crippen LogP contribution in [0.25, 0.3) is 0 Å². The van der Waals surface area contributed by atoms with Gasteiger partial charge in [0.25, 0.3) is 0 Å². The fourth-order valence-electron chi connectivity index (χ4n) is 1.47. The molecular weight excluding hydrogens is 126 g/mol. The lowest BCUT2D eigenvalue weighted by atomic mass is 9.89. The van der Waals surface area contributed by atoms with Crippen molar-refractivity contribution < 1.29 is 4.79 Å². The zero-order valence-electron chi connectivity index (χ0n) is 6.85. The van der Waals surface area contributed by atoms with Crippen molar-refractivity contribution in [2.24, 2.45) is 23.0 Å². The first-order chi connectivity index (χ1) is 4.43. The van der Waals surface area contributed by atoms with Gasteiger partial charge in [-0.3, -0.25) is 4.79 Å². The first-order valence-electron chi connectivity index (χ1n) is 3.72. The van der Waals surface area contributed by atoms with Gasteiger partial charge in [0.2, 0.25) is 5.91 Å². The first-order valence-corrected chi connectivity index (χ1v) is 3.72. The molecule has 0 unspecified atom stereocenters. The molecule has 0 radical (unpaired) electrons. The standard InChI is InChI=1S/C8H15NO/c1-8(2,3)6-4-5(6)7(9)10/h5-6H,4H2,1-3H3,(H2,9,10)/t5-,6-/m1/s1. The Balaban J connectivity index is 2.46. The van der Waals surface area contributed by atoms with Crippen LogP contribution in [-0.2, 0) is 4.79 Å². The average molecular weight is 141 g/mol. The second kappa shape index (κ2) is 1.97. The average Bonchev–Trinajstić information content (AvgIpc) is 2.35. The van der Waals surface area contributed by atoms with Gasteiger partial charge in [-0.25, -0.2) is 0 Å². The highest BCUT2D eigenvalue weighted by molar-refractivity contribution is 5.79. The van der Waals surface area contributed by atoms with Gasteiger partial charge in [0, 0.05) is 5.92 Å². The van der Waals surface area contributed by atoms with Crippen LogP contribution in [0, 0.1) is 17.3 Å². The molecule has 1 fully saturated rings. The monoisotopic (exact) mass is 141 g/mol. The van der Waals surface area contributed by atoms with Crippen LogP contribution in [0.5, 0.6) is 0 Å². The van der Waals surface area contributed by atoms with E-state index >= 15 is 0 Å². The Kier molecular flexibility index (Phi) is 1.50. The second-order valence-corrected chi connectivity index (χ2v) is 4.22. The van der Waals surface area contributed by atoms with E-state index in [-0.39, 0.29) is 17.2 Å². The highest BCUT2D eigenvalue weighted by Crippen LogP contribution is 2.50. The molecule has 2 atom stereocenters. The van der Waals surface area contributed by atoms with Crippen LogP contribution in [0.15, 0.2) is 0 Å². The summed E-state index contributed by atoms with van der Waals surface area (Å²) in [6, 6.07) is 0. The summed E-state index contributed by atoms with van der Waals surface area (Å²) < 4.78 is 0. The van der Waals surface area contributed by atoms with Crippen LogP contribution in [0.4, 0.5) is 0 Å². The fourth-order valence-corrected chi connectivity index (χ4v) is 1.47. The summed E-state index contributed by atoms with van der Waals surface area (Å²) in [7, 11) is 0. The van der Waals surface area contributed by atoms with Crippen LogP contribution < -0.4 is 5.73 Å². The number of primary amides is 1. The predicted octanol–water partition coefficient (Wildman–Crippen LogP) is 1.15. The Labute approximate surface area is 61.8 Å². The number of hydrogen-bond donors (Lipinski definition) is 1. The maximum absolute atomic E-state index is 10.6. The minimum Gasteiger partial charge on any atom is -0.369 e. The van der Waals surface area contributed by atoms with E-state index in [0.29, 0.717) is 5.92 Å². The zero-order valence-corrected chi connectivity index (χ0v) is 6.85. The van der Waals surface area contributed by atoms with E-state index in [0.717, 1.165) is 6.42 Å². The molecule has 2 nitrogen and oxygen atoms in total. The van der Waals surface area contributed by atoms with Crippen LogP contribution in [0.1, 0.15) is 27.2 Å². The van der Waals surface area contributed by atoms with E-state index in [1.54, 1.807) is 0 Å². The quantitative estimate of drug-likeness (QED) is 0.585. The third-order valence-corrected chi connectivity index (χ3v) is 2.27. The molecule has 0 aromatic carbocycles. The molecule has 0 heterocycles. The number of carbonyl (C=O) groups is 1. The molecule has 0 aromatic heterocycles. The lowest BCUT2D eigenvalue weighted by molar-refractivity contribution is -0.119. The van der Waals surface area contributed by atoms with E-state index in [2.05, 4.69) is 20.8 Å². The molecule has 1 aliphatic carbocycles. The fraction of sp³-hybridized carbons (Fsp3) is 0.875. The Morgan fingerprint density at radius 3 is 2.10 bits per heavy atom. The summed E-state index contributed by atoms with van der Waals surface area (Å²) in [5, 5.41) is 0. The molecule has 58 valence electrons. The predicted molar refractivity (Wildman–Crippen MR) is 40.2 cm³/mol. The van der Waals surface area contributed by atoms with E-state index in [1.807, 2.05) is 0 Å². The van der Waals surface area contributed by atoms with Crippen molar-refractivity contribution in [3.05, 3.63) is 0 Å². The van der Waals surface area contributed by atoms with Crippen LogP contribution >= 0.6 is 0 Å². The van der Waals surface area contributed by atoms with Crippen molar-refractivity contribution in [1.82, 2.24) is 0 Å². The molecule has 0 spiro atoms. The molecule has 2 N–H and O–H groups in total. The number of nitrogens with two attached hydrogens (primary N) is 1. The largest absolute Gasteiger partial charge is 0.369 e. The van der Waals surface area contributed by atoms with Gasteiger partial charge < -0.3 is 5.73 Å². The van der Waals surface area contributed by atoms with Crippen molar-refractivity contribution in [2.75, 3.05) is 0 Å². The molecule has 1 aliphatic rings. The van der Waals surface area contributed by atoms with Gasteiger partial charge in [-0.15, -0.1) is 0 Å². The summed E-state index contributed by atoms with van der Waals surface area (Å²) in [6.45, 7) is 6.46. The van der Waals surface area contributed by atoms with E-state index < -0.39 is 0 Å². The van der Waals surface area contributed by atoms with Crippen molar-refractivity contribution in [3.63, 3.8) is 0 Å². The number of hydrogen-bond acceptors (Lipinski definition) is 1. The molecule has 0 aliphatic heterocycles. The normalized spacial score (nSPS) is 31.9. The van der Waals surface area contributed by atoms with Gasteiger partial charge in [-0.1, -0.05) is 20.8 Å². The third-order valence-electron chi connectivity index (χ3n) is 2.27. The van der Waals surface area contributed by atoms with Gasteiger partial charge in [0.05, 0.1) is 0 Å². The van der Waals surface area contributed by atoms with Crippen LogP contribution in [-0.4, -0.2) is 5.91 Å². The number of carbonyl (C=O) groups excluding carboxylic acids is 1. The van der Waals surface area contributed by atoms with Gasteiger partial charge in [-0.2, -0.15) is 0 Å². The molecule has 1 amide bonds. The second-order valence-electron chi connectivity index (χ2n) is 4.22. The summed E-state index contributed by atoms with van der Waals surface area (Å²) in [5.41, 5.74) is 5.41. The topological polar surface area (TPSA) is 43.1 Å². The maximum atomic E-state index is 10.6. The van der Waals surface area contributed by atoms with Gasteiger partial charge in [-0.05, 0) is 17.8 Å². The Morgan fingerprint density at radius 2 is 2.00 bits per heavy atom. The first kappa shape index (κ1) is 7.58. The molecule has 0 saturated heterocycles. The van der Waals surface area contributed by atoms with Crippen molar-refractivity contribution >= 4 is 5.91 Å². The van der Waals surface area contributed by atoms with Crippen molar-refractivity contribution in [3.8, 4) is 0 Å². The molecule has 1 rings (SSSR count). The van der Waals surface area contributed by atoms with E-state index in [4.69, 9.17) is 5.73 Å². The summed E-state index contributed by atoms with van der Waals surface area (Å²) in [6.07, 6.45) is 0.999. The molecular formula is C8H15NO. The minimum absolute atomic E-state index is 0.125. The number of amides is 1. The van der Waals surface area contributed by atoms with Gasteiger partial charge in [0.1, 0.15) is 0 Å². The summed E-state index contributed by atoms with van der Waals surface area (Å²) in [4.78, 5) is 10.6. The Hall–Kier alpha value is -0.530. The molecule has 0 aromatic rings. The molecule has 10 heavy (non-hydrogen) atoms. The lowest BCUT2D eigenvalue weighted by Crippen LogP contribution is -2.18. The molecule has 1 saturated carbocycles. The minimum atomic E-state index is -0.125. The van der Waals surface area contributed by atoms with Crippen molar-refractivity contribution in [1.29, 1.82) is 0 Å². The van der Waals surface area contributed by atoms with Gasteiger partial charge >= 0.3 is 0 Å². The highest BCUT2D eigenvalue weighted by atomic mass is 16.1. The smallest absolute Gasteiger partial charge is 0.220 e. The SMILES string of the molecule is CC(C)(C)[C@@H]1C[C@H]1C(N)=O. The van der Waals surface area contributed by atoms with E-state index in [9.17, 15) is 4.79 Å². The maximum Gasteiger partial charge on any atom is 0.220 e. The van der Waals surface area contributed by atoms with Crippen molar-refractivity contribution in [2.45, 2.75) is 27.2 Å². The van der Waals surface area contributed by atoms with Crippen LogP contribution in [0.3, 0.4) is 0 Å². The molecule has 0 bridgehead atoms. The Bertz CT molecular complexity index is 157. The summed E-state index contributed by atoms with van der Waals surface area (Å²) >= 11 is 0. The summed E-state index contributed by atoms with van der Waals surface area (Å²) in [5.74, 6) is 0.574. The zero-order chi connectivity index (χ0) is 7.94. The molecule has 2 heteroatoms. The number of rotatable bonds is 1. The third kappa shape index (κ3) is 1.31.